The van der Waals surface area contributed by atoms with E-state index >= 15 is 0 Å². The zero-order valence-corrected chi connectivity index (χ0v) is 15.0. The van der Waals surface area contributed by atoms with Gasteiger partial charge in [-0.1, -0.05) is 50.2 Å². The van der Waals surface area contributed by atoms with Crippen molar-refractivity contribution in [2.45, 2.75) is 58.4 Å². The molecule has 24 heavy (non-hydrogen) atoms. The summed E-state index contributed by atoms with van der Waals surface area (Å²) in [6, 6.07) is 10.3. The van der Waals surface area contributed by atoms with Crippen LogP contribution >= 0.6 is 0 Å². The van der Waals surface area contributed by atoms with E-state index in [2.05, 4.69) is 45.0 Å². The molecule has 1 saturated heterocycles. The molecule has 1 aliphatic rings. The molecule has 0 radical (unpaired) electrons. The minimum atomic E-state index is -0.0245. The minimum Gasteiger partial charge on any atom is -0.355 e. The second-order valence-electron chi connectivity index (χ2n) is 7.75. The van der Waals surface area contributed by atoms with Crippen molar-refractivity contribution in [2.75, 3.05) is 6.54 Å². The molecule has 1 atom stereocenters. The maximum atomic E-state index is 12.6. The Balaban J connectivity index is 1.79. The highest BCUT2D eigenvalue weighted by molar-refractivity contribution is 5.93. The first kappa shape index (κ1) is 16.7. The summed E-state index contributed by atoms with van der Waals surface area (Å²) in [6.45, 7) is 9.47. The van der Waals surface area contributed by atoms with Crippen molar-refractivity contribution in [3.8, 4) is 11.3 Å². The number of rotatable bonds is 2. The number of carbonyl (C=O) groups is 1. The van der Waals surface area contributed by atoms with Crippen LogP contribution < -0.4 is 0 Å². The third kappa shape index (κ3) is 3.37. The molecule has 4 nitrogen and oxygen atoms in total. The molecule has 0 N–H and O–H groups in total. The molecular weight excluding hydrogens is 300 g/mol. The van der Waals surface area contributed by atoms with Crippen LogP contribution in [0.5, 0.6) is 0 Å². The summed E-state index contributed by atoms with van der Waals surface area (Å²) >= 11 is 0. The smallest absolute Gasteiger partial charge is 0.276 e. The average Bonchev–Trinajstić information content (AvgIpc) is 3.04. The number of nitrogens with zero attached hydrogens (tertiary/aromatic N) is 2. The second kappa shape index (κ2) is 6.42. The van der Waals surface area contributed by atoms with Crippen molar-refractivity contribution in [3.63, 3.8) is 0 Å². The highest BCUT2D eigenvalue weighted by Crippen LogP contribution is 2.27. The van der Waals surface area contributed by atoms with E-state index in [0.29, 0.717) is 11.5 Å². The van der Waals surface area contributed by atoms with E-state index in [1.807, 2.05) is 17.0 Å². The Bertz CT molecular complexity index is 710. The average molecular weight is 326 g/mol. The van der Waals surface area contributed by atoms with Crippen LogP contribution in [0.3, 0.4) is 0 Å². The molecule has 0 saturated carbocycles. The van der Waals surface area contributed by atoms with Crippen LogP contribution in [-0.2, 0) is 5.41 Å². The maximum Gasteiger partial charge on any atom is 0.276 e. The van der Waals surface area contributed by atoms with Crippen molar-refractivity contribution in [1.82, 2.24) is 10.1 Å². The predicted octanol–water partition coefficient (Wildman–Crippen LogP) is 4.65. The molecule has 2 heterocycles. The van der Waals surface area contributed by atoms with Gasteiger partial charge < -0.3 is 9.42 Å². The van der Waals surface area contributed by atoms with Crippen LogP contribution in [0.15, 0.2) is 34.9 Å². The summed E-state index contributed by atoms with van der Waals surface area (Å²) in [4.78, 5) is 14.6. The van der Waals surface area contributed by atoms with Gasteiger partial charge in [0.1, 0.15) is 0 Å². The Morgan fingerprint density at radius 1 is 1.21 bits per heavy atom. The first-order valence-corrected chi connectivity index (χ1v) is 8.75. The number of carbonyl (C=O) groups excluding carboxylic acids is 1. The molecule has 0 bridgehead atoms. The zero-order chi connectivity index (χ0) is 17.3. The third-order valence-electron chi connectivity index (χ3n) is 4.83. The van der Waals surface area contributed by atoms with Crippen molar-refractivity contribution >= 4 is 5.91 Å². The first-order valence-electron chi connectivity index (χ1n) is 8.75. The highest BCUT2D eigenvalue weighted by atomic mass is 16.5. The van der Waals surface area contributed by atoms with E-state index in [1.165, 1.54) is 12.0 Å². The van der Waals surface area contributed by atoms with Gasteiger partial charge >= 0.3 is 0 Å². The number of aromatic nitrogens is 1. The summed E-state index contributed by atoms with van der Waals surface area (Å²) in [5, 5.41) is 4.01. The van der Waals surface area contributed by atoms with E-state index < -0.39 is 0 Å². The van der Waals surface area contributed by atoms with Gasteiger partial charge in [-0.25, -0.2) is 0 Å². The maximum absolute atomic E-state index is 12.6. The lowest BCUT2D eigenvalue weighted by Gasteiger charge is -2.32. The Kier molecular flexibility index (Phi) is 4.48. The topological polar surface area (TPSA) is 46.3 Å². The van der Waals surface area contributed by atoms with Crippen LogP contribution in [0.2, 0.25) is 0 Å². The number of amides is 1. The molecule has 0 unspecified atom stereocenters. The summed E-state index contributed by atoms with van der Waals surface area (Å²) < 4.78 is 5.43. The second-order valence-corrected chi connectivity index (χ2v) is 7.75. The third-order valence-corrected chi connectivity index (χ3v) is 4.83. The molecule has 1 aliphatic heterocycles. The molecule has 3 rings (SSSR count). The molecule has 1 fully saturated rings. The van der Waals surface area contributed by atoms with Gasteiger partial charge in [-0.05, 0) is 37.2 Å². The van der Waals surface area contributed by atoms with Gasteiger partial charge in [0.15, 0.2) is 11.5 Å². The van der Waals surface area contributed by atoms with E-state index in [-0.39, 0.29) is 17.4 Å². The van der Waals surface area contributed by atoms with Crippen LogP contribution in [0.4, 0.5) is 0 Å². The van der Waals surface area contributed by atoms with Crippen molar-refractivity contribution in [1.29, 1.82) is 0 Å². The largest absolute Gasteiger partial charge is 0.355 e. The zero-order valence-electron chi connectivity index (χ0n) is 15.0. The molecule has 0 spiro atoms. The number of hydrogen-bond acceptors (Lipinski definition) is 3. The van der Waals surface area contributed by atoms with Gasteiger partial charge in [0, 0.05) is 24.2 Å². The Hall–Kier alpha value is -2.10. The number of likely N-dealkylation sites (tertiary alicyclic amines) is 1. The molecule has 1 aromatic carbocycles. The highest BCUT2D eigenvalue weighted by Gasteiger charge is 2.26. The van der Waals surface area contributed by atoms with Crippen molar-refractivity contribution < 1.29 is 9.32 Å². The van der Waals surface area contributed by atoms with Gasteiger partial charge in [-0.15, -0.1) is 0 Å². The van der Waals surface area contributed by atoms with E-state index in [4.69, 9.17) is 4.52 Å². The Morgan fingerprint density at radius 3 is 2.54 bits per heavy atom. The van der Waals surface area contributed by atoms with Crippen molar-refractivity contribution in [3.05, 3.63) is 41.6 Å². The summed E-state index contributed by atoms with van der Waals surface area (Å²) in [5.41, 5.74) is 2.73. The van der Waals surface area contributed by atoms with Crippen LogP contribution in [-0.4, -0.2) is 28.6 Å². The quantitative estimate of drug-likeness (QED) is 0.807. The van der Waals surface area contributed by atoms with Gasteiger partial charge in [0.25, 0.3) is 5.91 Å². The fourth-order valence-corrected chi connectivity index (χ4v) is 3.19. The lowest BCUT2D eigenvalue weighted by atomic mass is 9.86. The van der Waals surface area contributed by atoms with Crippen molar-refractivity contribution in [2.24, 2.45) is 0 Å². The molecular formula is C20H26N2O2. The number of piperidine rings is 1. The summed E-state index contributed by atoms with van der Waals surface area (Å²) in [7, 11) is 0. The van der Waals surface area contributed by atoms with Crippen LogP contribution in [0.25, 0.3) is 11.3 Å². The SMILES string of the molecule is C[C@H]1CCCCN1C(=O)c1cc(-c2ccc(C(C)(C)C)cc2)on1. The molecule has 2 aromatic rings. The summed E-state index contributed by atoms with van der Waals surface area (Å²) in [6.07, 6.45) is 3.31. The van der Waals surface area contributed by atoms with E-state index in [9.17, 15) is 4.79 Å². The lowest BCUT2D eigenvalue weighted by Crippen LogP contribution is -2.42. The fourth-order valence-electron chi connectivity index (χ4n) is 3.19. The Morgan fingerprint density at radius 2 is 1.92 bits per heavy atom. The predicted molar refractivity (Wildman–Crippen MR) is 95.0 cm³/mol. The lowest BCUT2D eigenvalue weighted by molar-refractivity contribution is 0.0625. The molecule has 128 valence electrons. The number of hydrogen-bond donors (Lipinski definition) is 0. The van der Waals surface area contributed by atoms with Crippen LogP contribution in [0, 0.1) is 0 Å². The monoisotopic (exact) mass is 326 g/mol. The van der Waals surface area contributed by atoms with Gasteiger partial charge in [-0.2, -0.15) is 0 Å². The molecule has 1 aromatic heterocycles. The van der Waals surface area contributed by atoms with Gasteiger partial charge in [-0.3, -0.25) is 4.79 Å². The van der Waals surface area contributed by atoms with Crippen LogP contribution in [0.1, 0.15) is 63.0 Å². The first-order chi connectivity index (χ1) is 11.4. The van der Waals surface area contributed by atoms with E-state index in [0.717, 1.165) is 24.9 Å². The fraction of sp³-hybridized carbons (Fsp3) is 0.500. The molecule has 0 aliphatic carbocycles. The van der Waals surface area contributed by atoms with Gasteiger partial charge in [0.05, 0.1) is 0 Å². The summed E-state index contributed by atoms with van der Waals surface area (Å²) in [5.74, 6) is 0.618. The van der Waals surface area contributed by atoms with E-state index in [1.54, 1.807) is 6.07 Å². The molecule has 4 heteroatoms. The standard InChI is InChI=1S/C20H26N2O2/c1-14-7-5-6-12-22(14)19(23)17-13-18(24-21-17)15-8-10-16(11-9-15)20(2,3)4/h8-11,13-14H,5-7,12H2,1-4H3/t14-/m0/s1. The van der Waals surface area contributed by atoms with Gasteiger partial charge in [0.2, 0.25) is 0 Å². The molecule has 1 amide bonds. The number of benzene rings is 1. The minimum absolute atomic E-state index is 0.0245. The normalized spacial score (nSPS) is 18.7. The Labute approximate surface area is 143 Å².